The predicted octanol–water partition coefficient (Wildman–Crippen LogP) is 4.29. The van der Waals surface area contributed by atoms with Crippen LogP contribution in [0.4, 0.5) is 8.78 Å². The van der Waals surface area contributed by atoms with Crippen LogP contribution in [0.5, 0.6) is 0 Å². The van der Waals surface area contributed by atoms with Crippen molar-refractivity contribution in [1.29, 1.82) is 0 Å². The first-order chi connectivity index (χ1) is 14.2. The third-order valence-electron chi connectivity index (χ3n) is 5.11. The molecule has 0 aliphatic heterocycles. The van der Waals surface area contributed by atoms with E-state index in [0.29, 0.717) is 17.1 Å². The van der Waals surface area contributed by atoms with E-state index in [1.54, 1.807) is 0 Å². The van der Waals surface area contributed by atoms with E-state index in [-0.39, 0.29) is 12.0 Å². The number of furan rings is 1. The highest BCUT2D eigenvalue weighted by Gasteiger charge is 2.24. The fourth-order valence-corrected chi connectivity index (χ4v) is 3.53. The van der Waals surface area contributed by atoms with E-state index in [2.05, 4.69) is 24.5 Å². The number of amides is 2. The van der Waals surface area contributed by atoms with Crippen LogP contribution in [-0.2, 0) is 16.0 Å². The minimum Gasteiger partial charge on any atom is -0.464 e. The molecule has 1 atom stereocenters. The standard InChI is InChI=1S/C23H24F2N2O3/c1-12(2)16-10-17-15(11-30-20(17)7-13(16)3)9-21(28)27-22(23(29)26-4)14-5-6-18(24)19(25)8-14/h5-8,10-12,22H,9H2,1-4H3,(H,26,29)(H,27,28). The molecule has 0 fully saturated rings. The number of aryl methyl sites for hydroxylation is 1. The number of fused-ring (bicyclic) bond motifs is 1. The third-order valence-corrected chi connectivity index (χ3v) is 5.11. The van der Waals surface area contributed by atoms with Crippen LogP contribution < -0.4 is 10.6 Å². The Bertz CT molecular complexity index is 1110. The lowest BCUT2D eigenvalue weighted by Gasteiger charge is -2.18. The minimum atomic E-state index is -1.15. The van der Waals surface area contributed by atoms with Crippen molar-refractivity contribution in [3.05, 3.63) is 70.5 Å². The van der Waals surface area contributed by atoms with Crippen LogP contribution in [0.3, 0.4) is 0 Å². The van der Waals surface area contributed by atoms with Crippen LogP contribution in [0.2, 0.25) is 0 Å². The molecule has 2 aromatic carbocycles. The summed E-state index contributed by atoms with van der Waals surface area (Å²) in [6.07, 6.45) is 1.50. The summed E-state index contributed by atoms with van der Waals surface area (Å²) in [6.45, 7) is 6.20. The quantitative estimate of drug-likeness (QED) is 0.632. The summed E-state index contributed by atoms with van der Waals surface area (Å²) >= 11 is 0. The molecule has 0 saturated heterocycles. The van der Waals surface area contributed by atoms with E-state index in [9.17, 15) is 18.4 Å². The van der Waals surface area contributed by atoms with Crippen LogP contribution in [0.1, 0.15) is 48.1 Å². The molecule has 0 radical (unpaired) electrons. The topological polar surface area (TPSA) is 71.3 Å². The number of halogens is 2. The SMILES string of the molecule is CNC(=O)C(NC(=O)Cc1coc2cc(C)c(C(C)C)cc12)c1ccc(F)c(F)c1. The minimum absolute atomic E-state index is 0.0230. The van der Waals surface area contributed by atoms with Crippen molar-refractivity contribution in [3.63, 3.8) is 0 Å². The molecule has 5 nitrogen and oxygen atoms in total. The molecular weight excluding hydrogens is 390 g/mol. The van der Waals surface area contributed by atoms with Gasteiger partial charge in [0.15, 0.2) is 11.6 Å². The van der Waals surface area contributed by atoms with Gasteiger partial charge < -0.3 is 15.1 Å². The second kappa shape index (κ2) is 8.65. The van der Waals surface area contributed by atoms with Crippen LogP contribution in [0.25, 0.3) is 11.0 Å². The number of rotatable bonds is 6. The number of nitrogens with one attached hydrogen (secondary N) is 2. The Morgan fingerprint density at radius 1 is 1.10 bits per heavy atom. The normalized spacial score (nSPS) is 12.2. The maximum absolute atomic E-state index is 13.6. The highest BCUT2D eigenvalue weighted by atomic mass is 19.2. The molecule has 158 valence electrons. The summed E-state index contributed by atoms with van der Waals surface area (Å²) in [6, 6.07) is 5.91. The predicted molar refractivity (Wildman–Crippen MR) is 110 cm³/mol. The van der Waals surface area contributed by atoms with Gasteiger partial charge in [0, 0.05) is 18.0 Å². The van der Waals surface area contributed by atoms with Crippen LogP contribution in [0, 0.1) is 18.6 Å². The number of hydrogen-bond donors (Lipinski definition) is 2. The van der Waals surface area contributed by atoms with Gasteiger partial charge >= 0.3 is 0 Å². The summed E-state index contributed by atoms with van der Waals surface area (Å²) in [7, 11) is 1.40. The van der Waals surface area contributed by atoms with E-state index in [1.807, 2.05) is 19.1 Å². The van der Waals surface area contributed by atoms with Crippen molar-refractivity contribution in [1.82, 2.24) is 10.6 Å². The van der Waals surface area contributed by atoms with Gasteiger partial charge in [0.1, 0.15) is 11.6 Å². The summed E-state index contributed by atoms with van der Waals surface area (Å²) in [5.41, 5.74) is 3.79. The third kappa shape index (κ3) is 4.35. The molecule has 0 bridgehead atoms. The Hall–Kier alpha value is -3.22. The Labute approximate surface area is 173 Å². The van der Waals surface area contributed by atoms with Crippen molar-refractivity contribution in [2.75, 3.05) is 7.05 Å². The maximum atomic E-state index is 13.6. The van der Waals surface area contributed by atoms with E-state index in [0.717, 1.165) is 28.6 Å². The first kappa shape index (κ1) is 21.5. The fraction of sp³-hybridized carbons (Fsp3) is 0.304. The lowest BCUT2D eigenvalue weighted by Crippen LogP contribution is -2.39. The van der Waals surface area contributed by atoms with Crippen LogP contribution in [0.15, 0.2) is 41.0 Å². The monoisotopic (exact) mass is 414 g/mol. The highest BCUT2D eigenvalue weighted by molar-refractivity contribution is 5.92. The van der Waals surface area contributed by atoms with Crippen molar-refractivity contribution in [2.45, 2.75) is 39.2 Å². The summed E-state index contributed by atoms with van der Waals surface area (Å²) in [4.78, 5) is 25.0. The largest absolute Gasteiger partial charge is 0.464 e. The van der Waals surface area contributed by atoms with Gasteiger partial charge in [-0.2, -0.15) is 0 Å². The first-order valence-corrected chi connectivity index (χ1v) is 9.67. The van der Waals surface area contributed by atoms with Crippen molar-refractivity contribution in [2.24, 2.45) is 0 Å². The van der Waals surface area contributed by atoms with Crippen LogP contribution >= 0.6 is 0 Å². The highest BCUT2D eigenvalue weighted by Crippen LogP contribution is 2.29. The zero-order valence-electron chi connectivity index (χ0n) is 17.3. The van der Waals surface area contributed by atoms with Gasteiger partial charge in [0.05, 0.1) is 12.7 Å². The zero-order chi connectivity index (χ0) is 22.0. The maximum Gasteiger partial charge on any atom is 0.246 e. The zero-order valence-corrected chi connectivity index (χ0v) is 17.3. The van der Waals surface area contributed by atoms with Crippen molar-refractivity contribution in [3.8, 4) is 0 Å². The Morgan fingerprint density at radius 3 is 2.47 bits per heavy atom. The second-order valence-corrected chi connectivity index (χ2v) is 7.59. The summed E-state index contributed by atoms with van der Waals surface area (Å²) in [5, 5.41) is 5.87. The average Bonchev–Trinajstić information content (AvgIpc) is 3.08. The number of likely N-dealkylation sites (N-methyl/N-ethyl adjacent to an activating group) is 1. The smallest absolute Gasteiger partial charge is 0.246 e. The van der Waals surface area contributed by atoms with Gasteiger partial charge in [-0.25, -0.2) is 8.78 Å². The molecule has 0 aliphatic carbocycles. The van der Waals surface area contributed by atoms with Crippen LogP contribution in [-0.4, -0.2) is 18.9 Å². The van der Waals surface area contributed by atoms with Gasteiger partial charge in [-0.05, 0) is 53.8 Å². The van der Waals surface area contributed by atoms with E-state index < -0.39 is 29.5 Å². The molecule has 30 heavy (non-hydrogen) atoms. The Morgan fingerprint density at radius 2 is 1.83 bits per heavy atom. The van der Waals surface area contributed by atoms with E-state index in [4.69, 9.17) is 4.42 Å². The molecule has 0 saturated carbocycles. The summed E-state index contributed by atoms with van der Waals surface area (Å²) in [5.74, 6) is -2.78. The Kier molecular flexibility index (Phi) is 6.20. The molecule has 2 amide bonds. The molecule has 1 unspecified atom stereocenters. The second-order valence-electron chi connectivity index (χ2n) is 7.59. The van der Waals surface area contributed by atoms with Gasteiger partial charge in [-0.3, -0.25) is 9.59 Å². The number of benzene rings is 2. The lowest BCUT2D eigenvalue weighted by molar-refractivity contribution is -0.128. The Balaban J connectivity index is 1.86. The van der Waals surface area contributed by atoms with Crippen molar-refractivity contribution < 1.29 is 22.8 Å². The number of hydrogen-bond acceptors (Lipinski definition) is 3. The molecule has 3 rings (SSSR count). The first-order valence-electron chi connectivity index (χ1n) is 9.67. The van der Waals surface area contributed by atoms with Gasteiger partial charge in [-0.1, -0.05) is 19.9 Å². The van der Waals surface area contributed by atoms with E-state index in [1.165, 1.54) is 19.4 Å². The molecule has 3 aromatic rings. The van der Waals surface area contributed by atoms with Crippen molar-refractivity contribution >= 4 is 22.8 Å². The molecule has 7 heteroatoms. The fourth-order valence-electron chi connectivity index (χ4n) is 3.53. The molecular formula is C23H24F2N2O3. The lowest BCUT2D eigenvalue weighted by atomic mass is 9.95. The molecule has 1 heterocycles. The van der Waals surface area contributed by atoms with E-state index >= 15 is 0 Å². The summed E-state index contributed by atoms with van der Waals surface area (Å²) < 4.78 is 32.5. The van der Waals surface area contributed by atoms with Gasteiger partial charge in [0.25, 0.3) is 0 Å². The average molecular weight is 414 g/mol. The molecule has 1 aromatic heterocycles. The number of carbonyl (C=O) groups is 2. The molecule has 0 aliphatic rings. The van der Waals surface area contributed by atoms with Gasteiger partial charge in [0.2, 0.25) is 11.8 Å². The molecule has 2 N–H and O–H groups in total. The molecule has 0 spiro atoms. The number of carbonyl (C=O) groups excluding carboxylic acids is 2. The van der Waals surface area contributed by atoms with Gasteiger partial charge in [-0.15, -0.1) is 0 Å².